The summed E-state index contributed by atoms with van der Waals surface area (Å²) in [6.07, 6.45) is 0.839. The third-order valence-corrected chi connectivity index (χ3v) is 6.29. The zero-order chi connectivity index (χ0) is 19.4. The molecule has 2 aromatic rings. The van der Waals surface area contributed by atoms with Crippen molar-refractivity contribution in [2.24, 2.45) is 16.7 Å². The smallest absolute Gasteiger partial charge is 0.313 e. The van der Waals surface area contributed by atoms with Crippen LogP contribution in [0.4, 0.5) is 4.39 Å². The number of carbonyl (C=O) groups is 1. The number of esters is 1. The van der Waals surface area contributed by atoms with Crippen LogP contribution in [0.15, 0.2) is 28.7 Å². The van der Waals surface area contributed by atoms with Crippen molar-refractivity contribution in [2.75, 3.05) is 20.2 Å². The van der Waals surface area contributed by atoms with Crippen LogP contribution in [0.25, 0.3) is 11.5 Å². The number of carbonyl (C=O) groups excluding carboxylic acids is 1. The molecule has 0 bridgehead atoms. The van der Waals surface area contributed by atoms with Gasteiger partial charge in [-0.15, -0.1) is 0 Å². The number of aryl methyl sites for hydroxylation is 1. The molecule has 1 aliphatic carbocycles. The van der Waals surface area contributed by atoms with E-state index in [4.69, 9.17) is 9.15 Å². The van der Waals surface area contributed by atoms with Gasteiger partial charge in [0.2, 0.25) is 5.89 Å². The highest BCUT2D eigenvalue weighted by atomic mass is 19.1. The maximum absolute atomic E-state index is 14.0. The highest BCUT2D eigenvalue weighted by Crippen LogP contribution is 2.63. The van der Waals surface area contributed by atoms with Gasteiger partial charge in [-0.1, -0.05) is 26.0 Å². The number of nitrogens with zero attached hydrogens (tertiary/aromatic N) is 2. The van der Waals surface area contributed by atoms with Gasteiger partial charge in [0.05, 0.1) is 23.8 Å². The van der Waals surface area contributed by atoms with E-state index in [0.717, 1.165) is 18.7 Å². The quantitative estimate of drug-likeness (QED) is 0.764. The van der Waals surface area contributed by atoms with Crippen LogP contribution in [0.1, 0.15) is 31.7 Å². The lowest BCUT2D eigenvalue weighted by molar-refractivity contribution is -0.174. The Hall–Kier alpha value is -2.21. The molecule has 1 aliphatic heterocycles. The highest BCUT2D eigenvalue weighted by Gasteiger charge is 2.67. The molecule has 144 valence electrons. The van der Waals surface area contributed by atoms with Crippen LogP contribution in [0.3, 0.4) is 0 Å². The molecule has 1 aromatic heterocycles. The fraction of sp³-hybridized carbons (Fsp3) is 0.524. The van der Waals surface area contributed by atoms with E-state index in [2.05, 4.69) is 23.7 Å². The summed E-state index contributed by atoms with van der Waals surface area (Å²) in [5.74, 6) is 0.787. The molecule has 0 radical (unpaired) electrons. The normalized spacial score (nSPS) is 26.5. The first-order valence-corrected chi connectivity index (χ1v) is 9.29. The molecule has 1 aromatic carbocycles. The molecule has 0 N–H and O–H groups in total. The largest absolute Gasteiger partial charge is 0.469 e. The van der Waals surface area contributed by atoms with Gasteiger partial charge < -0.3 is 9.15 Å². The number of hydrogen-bond donors (Lipinski definition) is 0. The fourth-order valence-corrected chi connectivity index (χ4v) is 5.13. The second-order valence-corrected chi connectivity index (χ2v) is 8.54. The maximum Gasteiger partial charge on any atom is 0.313 e. The van der Waals surface area contributed by atoms with E-state index in [1.165, 1.54) is 13.2 Å². The number of aromatic nitrogens is 1. The SMILES string of the molecule is COC(=O)[C@@]12CN(Cc3nc(-c4ccccc4F)oc3C)C[C@@H]1C(C)(C)C2. The van der Waals surface area contributed by atoms with Crippen LogP contribution in [-0.4, -0.2) is 36.1 Å². The monoisotopic (exact) mass is 372 g/mol. The minimum Gasteiger partial charge on any atom is -0.469 e. The van der Waals surface area contributed by atoms with Crippen molar-refractivity contribution in [3.8, 4) is 11.5 Å². The number of halogens is 1. The van der Waals surface area contributed by atoms with Gasteiger partial charge in [-0.25, -0.2) is 9.37 Å². The number of likely N-dealkylation sites (tertiary alicyclic amines) is 1. The van der Waals surface area contributed by atoms with E-state index >= 15 is 0 Å². The molecule has 1 saturated carbocycles. The van der Waals surface area contributed by atoms with E-state index in [0.29, 0.717) is 30.3 Å². The van der Waals surface area contributed by atoms with Gasteiger partial charge in [0.1, 0.15) is 11.6 Å². The van der Waals surface area contributed by atoms with Crippen molar-refractivity contribution in [3.63, 3.8) is 0 Å². The topological polar surface area (TPSA) is 55.6 Å². The van der Waals surface area contributed by atoms with Gasteiger partial charge in [0, 0.05) is 19.6 Å². The van der Waals surface area contributed by atoms with Crippen molar-refractivity contribution < 1.29 is 18.3 Å². The van der Waals surface area contributed by atoms with Crippen LogP contribution in [0, 0.1) is 29.5 Å². The lowest BCUT2D eigenvalue weighted by Gasteiger charge is -2.54. The number of benzene rings is 1. The Morgan fingerprint density at radius 1 is 1.41 bits per heavy atom. The van der Waals surface area contributed by atoms with Crippen molar-refractivity contribution >= 4 is 5.97 Å². The Morgan fingerprint density at radius 3 is 2.81 bits per heavy atom. The number of ether oxygens (including phenoxy) is 1. The molecule has 0 amide bonds. The highest BCUT2D eigenvalue weighted by molar-refractivity contribution is 5.80. The predicted molar refractivity (Wildman–Crippen MR) is 98.2 cm³/mol. The van der Waals surface area contributed by atoms with Gasteiger partial charge in [0.25, 0.3) is 0 Å². The Balaban J connectivity index is 1.56. The summed E-state index contributed by atoms with van der Waals surface area (Å²) >= 11 is 0. The number of rotatable bonds is 4. The summed E-state index contributed by atoms with van der Waals surface area (Å²) in [6.45, 7) is 8.32. The average Bonchev–Trinajstić information content (AvgIpc) is 3.14. The van der Waals surface area contributed by atoms with Gasteiger partial charge in [-0.2, -0.15) is 0 Å². The molecule has 2 heterocycles. The molecule has 0 unspecified atom stereocenters. The lowest BCUT2D eigenvalue weighted by Crippen LogP contribution is -2.57. The van der Waals surface area contributed by atoms with E-state index in [-0.39, 0.29) is 23.1 Å². The minimum absolute atomic E-state index is 0.113. The number of fused-ring (bicyclic) bond motifs is 1. The van der Waals surface area contributed by atoms with Gasteiger partial charge >= 0.3 is 5.97 Å². The molecule has 0 spiro atoms. The summed E-state index contributed by atoms with van der Waals surface area (Å²) in [7, 11) is 1.46. The molecular formula is C21H25FN2O3. The summed E-state index contributed by atoms with van der Waals surface area (Å²) in [4.78, 5) is 19.2. The first kappa shape index (κ1) is 18.2. The summed E-state index contributed by atoms with van der Waals surface area (Å²) in [6, 6.07) is 6.46. The van der Waals surface area contributed by atoms with Crippen molar-refractivity contribution in [1.82, 2.24) is 9.88 Å². The minimum atomic E-state index is -0.412. The first-order valence-electron chi connectivity index (χ1n) is 9.29. The van der Waals surface area contributed by atoms with Crippen molar-refractivity contribution in [1.29, 1.82) is 0 Å². The zero-order valence-electron chi connectivity index (χ0n) is 16.2. The molecule has 2 fully saturated rings. The Morgan fingerprint density at radius 2 is 2.15 bits per heavy atom. The molecule has 1 saturated heterocycles. The number of oxazole rings is 1. The van der Waals surface area contributed by atoms with E-state index in [1.54, 1.807) is 18.2 Å². The Bertz CT molecular complexity index is 891. The molecule has 2 atom stereocenters. The van der Waals surface area contributed by atoms with Crippen LogP contribution in [0.2, 0.25) is 0 Å². The third-order valence-electron chi connectivity index (χ3n) is 6.29. The van der Waals surface area contributed by atoms with Crippen molar-refractivity contribution in [3.05, 3.63) is 41.5 Å². The van der Waals surface area contributed by atoms with Crippen LogP contribution in [-0.2, 0) is 16.1 Å². The third kappa shape index (κ3) is 2.78. The van der Waals surface area contributed by atoms with Gasteiger partial charge in [-0.3, -0.25) is 9.69 Å². The Kier molecular flexibility index (Phi) is 4.14. The summed E-state index contributed by atoms with van der Waals surface area (Å²) in [5, 5.41) is 0. The van der Waals surface area contributed by atoms with E-state index in [9.17, 15) is 9.18 Å². The van der Waals surface area contributed by atoms with Crippen molar-refractivity contribution in [2.45, 2.75) is 33.7 Å². The van der Waals surface area contributed by atoms with Crippen LogP contribution >= 0.6 is 0 Å². The molecule has 4 rings (SSSR count). The molecule has 6 heteroatoms. The lowest BCUT2D eigenvalue weighted by atomic mass is 9.48. The second kappa shape index (κ2) is 6.16. The fourth-order valence-electron chi connectivity index (χ4n) is 5.13. The maximum atomic E-state index is 14.0. The van der Waals surface area contributed by atoms with Crippen LogP contribution in [0.5, 0.6) is 0 Å². The average molecular weight is 372 g/mol. The second-order valence-electron chi connectivity index (χ2n) is 8.54. The first-order chi connectivity index (χ1) is 12.8. The predicted octanol–water partition coefficient (Wildman–Crippen LogP) is 3.81. The number of methoxy groups -OCH3 is 1. The molecular weight excluding hydrogens is 347 g/mol. The van der Waals surface area contributed by atoms with Crippen LogP contribution < -0.4 is 0 Å². The van der Waals surface area contributed by atoms with Gasteiger partial charge in [-0.05, 0) is 36.8 Å². The summed E-state index contributed by atoms with van der Waals surface area (Å²) < 4.78 is 24.9. The molecule has 5 nitrogen and oxygen atoms in total. The van der Waals surface area contributed by atoms with Gasteiger partial charge in [0.15, 0.2) is 0 Å². The zero-order valence-corrected chi connectivity index (χ0v) is 16.2. The van der Waals surface area contributed by atoms with E-state index in [1.807, 2.05) is 6.92 Å². The standard InChI is InChI=1S/C21H25FN2O3/c1-13-16(23-18(27-13)14-7-5-6-8-15(14)22)9-24-10-17-20(2,3)11-21(17,12-24)19(25)26-4/h5-8,17H,9-12H2,1-4H3/t17-,21+/m1/s1. The molecule has 2 aliphatic rings. The summed E-state index contributed by atoms with van der Waals surface area (Å²) in [5.41, 5.74) is 0.859. The van der Waals surface area contributed by atoms with E-state index < -0.39 is 5.41 Å². The number of hydrogen-bond acceptors (Lipinski definition) is 5. The Labute approximate surface area is 158 Å². The molecule has 27 heavy (non-hydrogen) atoms.